The maximum Gasteiger partial charge on any atom is 0.144 e. The summed E-state index contributed by atoms with van der Waals surface area (Å²) in [6.45, 7) is 2.08. The molecule has 0 bridgehead atoms. The fourth-order valence-electron chi connectivity index (χ4n) is 2.26. The minimum atomic E-state index is -0.288. The summed E-state index contributed by atoms with van der Waals surface area (Å²) in [5.41, 5.74) is 3.22. The van der Waals surface area contributed by atoms with Gasteiger partial charge in [-0.25, -0.2) is 4.39 Å². The van der Waals surface area contributed by atoms with E-state index >= 15 is 0 Å². The highest BCUT2D eigenvalue weighted by molar-refractivity contribution is 9.09. The monoisotopic (exact) mass is 354 g/mol. The predicted octanol–water partition coefficient (Wildman–Crippen LogP) is 5.58. The summed E-state index contributed by atoms with van der Waals surface area (Å²) in [6, 6.07) is 13.7. The Morgan fingerprint density at radius 1 is 1.10 bits per heavy atom. The smallest absolute Gasteiger partial charge is 0.144 e. The van der Waals surface area contributed by atoms with Gasteiger partial charge in [-0.3, -0.25) is 0 Å². The lowest BCUT2D eigenvalue weighted by molar-refractivity contribution is 0.550. The molecule has 0 fully saturated rings. The third-order valence-electron chi connectivity index (χ3n) is 3.40. The molecule has 0 saturated heterocycles. The van der Waals surface area contributed by atoms with Crippen LogP contribution in [0.15, 0.2) is 42.5 Å². The Morgan fingerprint density at radius 2 is 1.80 bits per heavy atom. The second-order valence-electron chi connectivity index (χ2n) is 5.13. The van der Waals surface area contributed by atoms with Crippen molar-refractivity contribution in [3.05, 3.63) is 70.0 Å². The Morgan fingerprint density at radius 3 is 2.45 bits per heavy atom. The van der Waals surface area contributed by atoms with E-state index in [0.29, 0.717) is 17.9 Å². The van der Waals surface area contributed by atoms with E-state index in [1.165, 1.54) is 11.1 Å². The van der Waals surface area contributed by atoms with Crippen LogP contribution >= 0.6 is 27.5 Å². The zero-order valence-electron chi connectivity index (χ0n) is 11.4. The van der Waals surface area contributed by atoms with Crippen molar-refractivity contribution in [2.75, 3.05) is 5.33 Å². The topological polar surface area (TPSA) is 0 Å². The van der Waals surface area contributed by atoms with Crippen molar-refractivity contribution in [3.8, 4) is 0 Å². The van der Waals surface area contributed by atoms with Gasteiger partial charge in [-0.1, -0.05) is 69.5 Å². The molecule has 0 aliphatic heterocycles. The maximum absolute atomic E-state index is 13.9. The first-order chi connectivity index (χ1) is 9.60. The molecule has 0 aromatic heterocycles. The summed E-state index contributed by atoms with van der Waals surface area (Å²) >= 11 is 9.36. The van der Waals surface area contributed by atoms with Crippen molar-refractivity contribution in [1.29, 1.82) is 0 Å². The van der Waals surface area contributed by atoms with Crippen LogP contribution in [0.4, 0.5) is 4.39 Å². The summed E-state index contributed by atoms with van der Waals surface area (Å²) in [4.78, 5) is 0. The van der Waals surface area contributed by atoms with Gasteiger partial charge in [0.15, 0.2) is 0 Å². The predicted molar refractivity (Wildman–Crippen MR) is 87.3 cm³/mol. The number of hydrogen-bond donors (Lipinski definition) is 0. The maximum atomic E-state index is 13.9. The van der Waals surface area contributed by atoms with E-state index in [2.05, 4.69) is 47.1 Å². The van der Waals surface area contributed by atoms with Crippen LogP contribution in [0.5, 0.6) is 0 Å². The minimum absolute atomic E-state index is 0.200. The molecule has 0 radical (unpaired) electrons. The van der Waals surface area contributed by atoms with Gasteiger partial charge in [0.05, 0.1) is 5.02 Å². The van der Waals surface area contributed by atoms with Crippen LogP contribution in [0, 0.1) is 18.7 Å². The molecule has 106 valence electrons. The highest BCUT2D eigenvalue weighted by Gasteiger charge is 2.13. The molecule has 0 heterocycles. The molecule has 2 aromatic carbocycles. The van der Waals surface area contributed by atoms with Crippen molar-refractivity contribution in [2.24, 2.45) is 5.92 Å². The lowest BCUT2D eigenvalue weighted by Crippen LogP contribution is -2.11. The summed E-state index contributed by atoms with van der Waals surface area (Å²) in [5.74, 6) is 0.0645. The third-order valence-corrected chi connectivity index (χ3v) is 4.61. The van der Waals surface area contributed by atoms with E-state index in [4.69, 9.17) is 11.6 Å². The third kappa shape index (κ3) is 4.07. The molecule has 0 aliphatic carbocycles. The van der Waals surface area contributed by atoms with Crippen LogP contribution in [-0.2, 0) is 12.8 Å². The number of benzene rings is 2. The molecule has 2 aromatic rings. The highest BCUT2D eigenvalue weighted by Crippen LogP contribution is 2.23. The second kappa shape index (κ2) is 7.24. The Balaban J connectivity index is 2.09. The van der Waals surface area contributed by atoms with Gasteiger partial charge in [0, 0.05) is 5.33 Å². The van der Waals surface area contributed by atoms with Gasteiger partial charge in [0.2, 0.25) is 0 Å². The Bertz CT molecular complexity index is 566. The first-order valence-corrected chi connectivity index (χ1v) is 8.14. The number of rotatable bonds is 5. The molecule has 1 unspecified atom stereocenters. The molecule has 0 spiro atoms. The first-order valence-electron chi connectivity index (χ1n) is 6.64. The van der Waals surface area contributed by atoms with Crippen LogP contribution < -0.4 is 0 Å². The van der Waals surface area contributed by atoms with Gasteiger partial charge in [0.1, 0.15) is 5.82 Å². The van der Waals surface area contributed by atoms with E-state index in [-0.39, 0.29) is 10.8 Å². The summed E-state index contributed by atoms with van der Waals surface area (Å²) in [6.07, 6.45) is 1.61. The van der Waals surface area contributed by atoms with Crippen molar-refractivity contribution >= 4 is 27.5 Å². The van der Waals surface area contributed by atoms with Crippen LogP contribution in [0.3, 0.4) is 0 Å². The highest BCUT2D eigenvalue weighted by atomic mass is 79.9. The molecule has 20 heavy (non-hydrogen) atoms. The molecular formula is C17H17BrClF. The number of aryl methyl sites for hydroxylation is 1. The van der Waals surface area contributed by atoms with E-state index < -0.39 is 0 Å². The molecular weight excluding hydrogens is 339 g/mol. The van der Waals surface area contributed by atoms with E-state index in [1.54, 1.807) is 12.1 Å². The Hall–Kier alpha value is -0.860. The molecule has 0 aliphatic rings. The van der Waals surface area contributed by atoms with Gasteiger partial charge < -0.3 is 0 Å². The standard InChI is InChI=1S/C17H17BrClF/c1-12-5-7-13(8-6-12)9-14(11-18)10-15-3-2-4-16(19)17(15)20/h2-8,14H,9-11H2,1H3. The fraction of sp³-hybridized carbons (Fsp3) is 0.294. The van der Waals surface area contributed by atoms with Gasteiger partial charge in [-0.05, 0) is 42.9 Å². The summed E-state index contributed by atoms with van der Waals surface area (Å²) in [7, 11) is 0. The summed E-state index contributed by atoms with van der Waals surface area (Å²) in [5, 5.41) is 1.04. The van der Waals surface area contributed by atoms with Gasteiger partial charge in [-0.15, -0.1) is 0 Å². The van der Waals surface area contributed by atoms with Crippen LogP contribution in [0.25, 0.3) is 0 Å². The Labute approximate surface area is 133 Å². The van der Waals surface area contributed by atoms with Crippen LogP contribution in [-0.4, -0.2) is 5.33 Å². The molecule has 0 nitrogen and oxygen atoms in total. The summed E-state index contributed by atoms with van der Waals surface area (Å²) < 4.78 is 13.9. The average Bonchev–Trinajstić information content (AvgIpc) is 2.45. The van der Waals surface area contributed by atoms with Gasteiger partial charge in [0.25, 0.3) is 0 Å². The molecule has 2 rings (SSSR count). The lowest BCUT2D eigenvalue weighted by Gasteiger charge is -2.15. The van der Waals surface area contributed by atoms with Crippen molar-refractivity contribution in [1.82, 2.24) is 0 Å². The molecule has 0 N–H and O–H groups in total. The lowest BCUT2D eigenvalue weighted by atomic mass is 9.93. The fourth-order valence-corrected chi connectivity index (χ4v) is 2.91. The van der Waals surface area contributed by atoms with Gasteiger partial charge in [-0.2, -0.15) is 0 Å². The van der Waals surface area contributed by atoms with E-state index in [1.807, 2.05) is 6.07 Å². The van der Waals surface area contributed by atoms with Crippen LogP contribution in [0.2, 0.25) is 5.02 Å². The zero-order valence-corrected chi connectivity index (χ0v) is 13.7. The zero-order chi connectivity index (χ0) is 14.5. The van der Waals surface area contributed by atoms with Crippen molar-refractivity contribution in [2.45, 2.75) is 19.8 Å². The molecule has 0 amide bonds. The normalized spacial score (nSPS) is 12.4. The van der Waals surface area contributed by atoms with Gasteiger partial charge >= 0.3 is 0 Å². The largest absolute Gasteiger partial charge is 0.205 e. The van der Waals surface area contributed by atoms with E-state index in [0.717, 1.165) is 11.8 Å². The first kappa shape index (κ1) is 15.5. The average molecular weight is 356 g/mol. The van der Waals surface area contributed by atoms with Crippen molar-refractivity contribution < 1.29 is 4.39 Å². The number of halogens is 3. The van der Waals surface area contributed by atoms with E-state index in [9.17, 15) is 4.39 Å². The number of alkyl halides is 1. The SMILES string of the molecule is Cc1ccc(CC(CBr)Cc2cccc(Cl)c2F)cc1. The Kier molecular flexibility index (Phi) is 5.62. The molecule has 3 heteroatoms. The molecule has 1 atom stereocenters. The van der Waals surface area contributed by atoms with Crippen molar-refractivity contribution in [3.63, 3.8) is 0 Å². The molecule has 0 saturated carbocycles. The second-order valence-corrected chi connectivity index (χ2v) is 6.18. The number of hydrogen-bond acceptors (Lipinski definition) is 0. The van der Waals surface area contributed by atoms with Crippen LogP contribution in [0.1, 0.15) is 16.7 Å². The quantitative estimate of drug-likeness (QED) is 0.614. The minimum Gasteiger partial charge on any atom is -0.205 e.